The van der Waals surface area contributed by atoms with E-state index in [0.29, 0.717) is 6.54 Å². The highest BCUT2D eigenvalue weighted by Crippen LogP contribution is 2.42. The number of hydrogen-bond donors (Lipinski definition) is 1. The fraction of sp³-hybridized carbons (Fsp3) is 0.625. The van der Waals surface area contributed by atoms with Crippen LogP contribution in [0, 0.1) is 5.41 Å². The van der Waals surface area contributed by atoms with Crippen LogP contribution in [0.2, 0.25) is 0 Å². The smallest absolute Gasteiger partial charge is 0.317 e. The molecular formula is C16H23N3O2S. The van der Waals surface area contributed by atoms with Gasteiger partial charge in [-0.1, -0.05) is 0 Å². The molecule has 3 amide bonds. The molecular weight excluding hydrogens is 298 g/mol. The van der Waals surface area contributed by atoms with E-state index in [1.165, 1.54) is 0 Å². The summed E-state index contributed by atoms with van der Waals surface area (Å²) in [5.74, 6) is 0.188. The molecule has 0 saturated carbocycles. The Kier molecular flexibility index (Phi) is 4.12. The molecule has 0 aliphatic carbocycles. The van der Waals surface area contributed by atoms with Crippen molar-refractivity contribution in [3.63, 3.8) is 0 Å². The summed E-state index contributed by atoms with van der Waals surface area (Å²) in [5.41, 5.74) is 0.616. The average molecular weight is 321 g/mol. The lowest BCUT2D eigenvalue weighted by atomic mass is 9.78. The van der Waals surface area contributed by atoms with Gasteiger partial charge < -0.3 is 15.1 Å². The number of nitrogens with zero attached hydrogens (tertiary/aromatic N) is 2. The molecule has 120 valence electrons. The van der Waals surface area contributed by atoms with E-state index in [0.717, 1.165) is 38.0 Å². The van der Waals surface area contributed by atoms with Crippen molar-refractivity contribution in [2.24, 2.45) is 5.41 Å². The monoisotopic (exact) mass is 321 g/mol. The fourth-order valence-corrected chi connectivity index (χ4v) is 4.14. The van der Waals surface area contributed by atoms with Crippen molar-refractivity contribution in [2.75, 3.05) is 24.5 Å². The molecule has 1 unspecified atom stereocenters. The van der Waals surface area contributed by atoms with Gasteiger partial charge in [-0.05, 0) is 44.6 Å². The molecule has 2 aliphatic rings. The number of rotatable bonds is 2. The standard InChI is InChI=1S/C16H23N3O2S/c1-12(2)17-15(21)18-7-3-5-16(11-18)6-8-19(14(16)20)13-4-9-22-10-13/h4,9-10,12H,3,5-8,11H2,1-2H3,(H,17,21). The average Bonchev–Trinajstić information content (AvgIpc) is 3.09. The fourth-order valence-electron chi connectivity index (χ4n) is 3.50. The quantitative estimate of drug-likeness (QED) is 0.910. The predicted octanol–water partition coefficient (Wildman–Crippen LogP) is 2.69. The van der Waals surface area contributed by atoms with Crippen LogP contribution in [-0.4, -0.2) is 42.5 Å². The first-order valence-corrected chi connectivity index (χ1v) is 8.86. The Balaban J connectivity index is 1.73. The first-order chi connectivity index (χ1) is 10.5. The Labute approximate surface area is 135 Å². The summed E-state index contributed by atoms with van der Waals surface area (Å²) >= 11 is 1.61. The number of carbonyl (C=O) groups is 2. The highest BCUT2D eigenvalue weighted by atomic mass is 32.1. The molecule has 1 aromatic rings. The van der Waals surface area contributed by atoms with Gasteiger partial charge in [0.15, 0.2) is 0 Å². The molecule has 2 aliphatic heterocycles. The van der Waals surface area contributed by atoms with E-state index in [1.807, 2.05) is 40.5 Å². The van der Waals surface area contributed by atoms with E-state index in [2.05, 4.69) is 5.32 Å². The number of likely N-dealkylation sites (tertiary alicyclic amines) is 1. The van der Waals surface area contributed by atoms with E-state index in [9.17, 15) is 9.59 Å². The molecule has 1 spiro atoms. The number of thiophene rings is 1. The molecule has 1 aromatic heterocycles. The Bertz CT molecular complexity index is 558. The first kappa shape index (κ1) is 15.3. The molecule has 1 atom stereocenters. The number of urea groups is 1. The van der Waals surface area contributed by atoms with Crippen LogP contribution in [0.3, 0.4) is 0 Å². The van der Waals surface area contributed by atoms with Crippen molar-refractivity contribution in [1.82, 2.24) is 10.2 Å². The summed E-state index contributed by atoms with van der Waals surface area (Å²) in [5, 5.41) is 6.95. The minimum absolute atomic E-state index is 0.0455. The zero-order valence-corrected chi connectivity index (χ0v) is 14.0. The largest absolute Gasteiger partial charge is 0.336 e. The molecule has 3 rings (SSSR count). The van der Waals surface area contributed by atoms with Crippen LogP contribution in [-0.2, 0) is 4.79 Å². The number of anilines is 1. The van der Waals surface area contributed by atoms with E-state index in [4.69, 9.17) is 0 Å². The topological polar surface area (TPSA) is 52.7 Å². The van der Waals surface area contributed by atoms with E-state index in [1.54, 1.807) is 11.3 Å². The summed E-state index contributed by atoms with van der Waals surface area (Å²) in [6.07, 6.45) is 2.62. The molecule has 2 fully saturated rings. The summed E-state index contributed by atoms with van der Waals surface area (Å²) < 4.78 is 0. The minimum Gasteiger partial charge on any atom is -0.336 e. The molecule has 22 heavy (non-hydrogen) atoms. The van der Waals surface area contributed by atoms with Crippen LogP contribution in [0.1, 0.15) is 33.1 Å². The normalized spacial score (nSPS) is 25.3. The molecule has 0 radical (unpaired) electrons. The van der Waals surface area contributed by atoms with Gasteiger partial charge in [-0.25, -0.2) is 4.79 Å². The van der Waals surface area contributed by atoms with Gasteiger partial charge in [0.05, 0.1) is 11.1 Å². The van der Waals surface area contributed by atoms with E-state index >= 15 is 0 Å². The van der Waals surface area contributed by atoms with Crippen LogP contribution in [0.25, 0.3) is 0 Å². The maximum atomic E-state index is 12.9. The van der Waals surface area contributed by atoms with Crippen molar-refractivity contribution in [3.8, 4) is 0 Å². The van der Waals surface area contributed by atoms with Crippen molar-refractivity contribution in [1.29, 1.82) is 0 Å². The number of piperidine rings is 1. The molecule has 2 saturated heterocycles. The van der Waals surface area contributed by atoms with Crippen LogP contribution >= 0.6 is 11.3 Å². The van der Waals surface area contributed by atoms with Gasteiger partial charge in [0.25, 0.3) is 0 Å². The molecule has 6 heteroatoms. The number of amides is 3. The predicted molar refractivity (Wildman–Crippen MR) is 88.2 cm³/mol. The van der Waals surface area contributed by atoms with Crippen LogP contribution in [0.5, 0.6) is 0 Å². The molecule has 0 bridgehead atoms. The van der Waals surface area contributed by atoms with Gasteiger partial charge in [0, 0.05) is 31.1 Å². The van der Waals surface area contributed by atoms with Gasteiger partial charge in [0.1, 0.15) is 0 Å². The third-order valence-electron chi connectivity index (χ3n) is 4.61. The molecule has 5 nitrogen and oxygen atoms in total. The van der Waals surface area contributed by atoms with Gasteiger partial charge in [-0.15, -0.1) is 0 Å². The first-order valence-electron chi connectivity index (χ1n) is 7.91. The highest BCUT2D eigenvalue weighted by molar-refractivity contribution is 7.08. The van der Waals surface area contributed by atoms with Crippen molar-refractivity contribution >= 4 is 29.0 Å². The zero-order chi connectivity index (χ0) is 15.7. The summed E-state index contributed by atoms with van der Waals surface area (Å²) in [4.78, 5) is 28.9. The summed E-state index contributed by atoms with van der Waals surface area (Å²) in [6.45, 7) is 5.96. The Morgan fingerprint density at radius 2 is 2.18 bits per heavy atom. The second kappa shape index (κ2) is 5.91. The highest BCUT2D eigenvalue weighted by Gasteiger charge is 2.50. The zero-order valence-electron chi connectivity index (χ0n) is 13.2. The number of nitrogens with one attached hydrogen (secondary N) is 1. The summed E-state index contributed by atoms with van der Waals surface area (Å²) in [7, 11) is 0. The van der Waals surface area contributed by atoms with E-state index in [-0.39, 0.29) is 23.4 Å². The van der Waals surface area contributed by atoms with Crippen LogP contribution in [0.4, 0.5) is 10.5 Å². The van der Waals surface area contributed by atoms with Gasteiger partial charge in [-0.3, -0.25) is 4.79 Å². The van der Waals surface area contributed by atoms with Crippen LogP contribution < -0.4 is 10.2 Å². The lowest BCUT2D eigenvalue weighted by Crippen LogP contribution is -2.53. The number of hydrogen-bond acceptors (Lipinski definition) is 3. The van der Waals surface area contributed by atoms with Gasteiger partial charge >= 0.3 is 6.03 Å². The second-order valence-corrected chi connectivity index (χ2v) is 7.38. The van der Waals surface area contributed by atoms with Gasteiger partial charge in [0.2, 0.25) is 5.91 Å². The minimum atomic E-state index is -0.380. The third kappa shape index (κ3) is 2.72. The number of carbonyl (C=O) groups excluding carboxylic acids is 2. The SMILES string of the molecule is CC(C)NC(=O)N1CCCC2(CCN(c3ccsc3)C2=O)C1. The lowest BCUT2D eigenvalue weighted by Gasteiger charge is -2.39. The van der Waals surface area contributed by atoms with Crippen molar-refractivity contribution in [2.45, 2.75) is 39.2 Å². The van der Waals surface area contributed by atoms with Gasteiger partial charge in [-0.2, -0.15) is 11.3 Å². The second-order valence-electron chi connectivity index (χ2n) is 6.60. The Hall–Kier alpha value is -1.56. The Morgan fingerprint density at radius 3 is 2.86 bits per heavy atom. The molecule has 1 N–H and O–H groups in total. The lowest BCUT2D eigenvalue weighted by molar-refractivity contribution is -0.127. The summed E-state index contributed by atoms with van der Waals surface area (Å²) in [6, 6.07) is 2.07. The van der Waals surface area contributed by atoms with Crippen molar-refractivity contribution in [3.05, 3.63) is 16.8 Å². The van der Waals surface area contributed by atoms with E-state index < -0.39 is 0 Å². The molecule has 3 heterocycles. The Morgan fingerprint density at radius 1 is 1.36 bits per heavy atom. The van der Waals surface area contributed by atoms with Crippen LogP contribution in [0.15, 0.2) is 16.8 Å². The third-order valence-corrected chi connectivity index (χ3v) is 5.28. The maximum Gasteiger partial charge on any atom is 0.317 e. The maximum absolute atomic E-state index is 12.9. The van der Waals surface area contributed by atoms with Crippen molar-refractivity contribution < 1.29 is 9.59 Å². The molecule has 0 aromatic carbocycles.